The monoisotopic (exact) mass is 269 g/mol. The van der Waals surface area contributed by atoms with E-state index in [0.717, 1.165) is 18.9 Å². The molecule has 1 fully saturated rings. The van der Waals surface area contributed by atoms with E-state index in [-0.39, 0.29) is 0 Å². The maximum absolute atomic E-state index is 11.7. The summed E-state index contributed by atoms with van der Waals surface area (Å²) in [6.07, 6.45) is -0.490. The molecule has 1 heterocycles. The van der Waals surface area contributed by atoms with E-state index in [1.165, 1.54) is 5.56 Å². The van der Waals surface area contributed by atoms with Gasteiger partial charge in [-0.3, -0.25) is 5.32 Å². The van der Waals surface area contributed by atoms with Gasteiger partial charge in [-0.1, -0.05) is 30.3 Å². The minimum atomic E-state index is -0.490. The van der Waals surface area contributed by atoms with Crippen LogP contribution in [0, 0.1) is 0 Å². The third kappa shape index (κ3) is 2.97. The molecule has 1 amide bonds. The van der Waals surface area contributed by atoms with Crippen molar-refractivity contribution in [2.45, 2.75) is 5.92 Å². The van der Waals surface area contributed by atoms with Crippen molar-refractivity contribution in [1.29, 1.82) is 0 Å². The number of anilines is 1. The van der Waals surface area contributed by atoms with E-state index < -0.39 is 6.09 Å². The Kier molecular flexibility index (Phi) is 3.65. The van der Waals surface area contributed by atoms with Crippen LogP contribution in [0.3, 0.4) is 0 Å². The van der Waals surface area contributed by atoms with Crippen LogP contribution < -0.4 is 10.1 Å². The molecule has 1 aliphatic rings. The van der Waals surface area contributed by atoms with Crippen LogP contribution in [-0.2, 0) is 4.74 Å². The molecule has 0 spiro atoms. The van der Waals surface area contributed by atoms with Crippen LogP contribution in [0.15, 0.2) is 54.6 Å². The number of carbonyl (C=O) groups is 1. The number of benzene rings is 2. The average molecular weight is 269 g/mol. The standard InChI is InChI=1S/C16H15NO3/c18-16(20-15-4-2-1-3-5-15)17-14-8-6-12(7-9-14)13-10-19-11-13/h1-9,13H,10-11H2,(H,17,18). The van der Waals surface area contributed by atoms with Crippen LogP contribution in [0.25, 0.3) is 0 Å². The molecule has 4 nitrogen and oxygen atoms in total. The van der Waals surface area contributed by atoms with Crippen LogP contribution in [0.2, 0.25) is 0 Å². The van der Waals surface area contributed by atoms with E-state index in [1.54, 1.807) is 12.1 Å². The summed E-state index contributed by atoms with van der Waals surface area (Å²) in [6, 6.07) is 16.7. The number of rotatable bonds is 3. The van der Waals surface area contributed by atoms with E-state index in [4.69, 9.17) is 9.47 Å². The lowest BCUT2D eigenvalue weighted by atomic mass is 9.97. The molecule has 0 atom stereocenters. The molecule has 1 saturated heterocycles. The minimum Gasteiger partial charge on any atom is -0.410 e. The zero-order chi connectivity index (χ0) is 13.8. The highest BCUT2D eigenvalue weighted by molar-refractivity contribution is 5.86. The summed E-state index contributed by atoms with van der Waals surface area (Å²) in [4.78, 5) is 11.7. The summed E-state index contributed by atoms with van der Waals surface area (Å²) in [5.74, 6) is 1.01. The second-order valence-corrected chi connectivity index (χ2v) is 4.68. The molecule has 1 N–H and O–H groups in total. The number of carbonyl (C=O) groups excluding carboxylic acids is 1. The Bertz CT molecular complexity index is 576. The van der Waals surface area contributed by atoms with Gasteiger partial charge in [0.05, 0.1) is 13.2 Å². The lowest BCUT2D eigenvalue weighted by molar-refractivity contribution is 0.00843. The van der Waals surface area contributed by atoms with E-state index >= 15 is 0 Å². The maximum atomic E-state index is 11.7. The highest BCUT2D eigenvalue weighted by Crippen LogP contribution is 2.25. The largest absolute Gasteiger partial charge is 0.417 e. The first-order valence-corrected chi connectivity index (χ1v) is 6.53. The van der Waals surface area contributed by atoms with Gasteiger partial charge in [0, 0.05) is 11.6 Å². The molecule has 0 saturated carbocycles. The number of hydrogen-bond donors (Lipinski definition) is 1. The molecule has 0 aliphatic carbocycles. The van der Waals surface area contributed by atoms with Gasteiger partial charge >= 0.3 is 6.09 Å². The zero-order valence-electron chi connectivity index (χ0n) is 10.9. The van der Waals surface area contributed by atoms with Gasteiger partial charge in [0.2, 0.25) is 0 Å². The van der Waals surface area contributed by atoms with Gasteiger partial charge in [-0.05, 0) is 29.8 Å². The summed E-state index contributed by atoms with van der Waals surface area (Å²) in [5, 5.41) is 2.70. The third-order valence-electron chi connectivity index (χ3n) is 3.22. The Morgan fingerprint density at radius 2 is 1.75 bits per heavy atom. The van der Waals surface area contributed by atoms with Gasteiger partial charge in [-0.2, -0.15) is 0 Å². The van der Waals surface area contributed by atoms with Crippen molar-refractivity contribution < 1.29 is 14.3 Å². The minimum absolute atomic E-state index is 0.486. The van der Waals surface area contributed by atoms with Crippen molar-refractivity contribution in [1.82, 2.24) is 0 Å². The van der Waals surface area contributed by atoms with Crippen molar-refractivity contribution in [3.8, 4) is 5.75 Å². The van der Waals surface area contributed by atoms with Crippen LogP contribution in [0.1, 0.15) is 11.5 Å². The molecular formula is C16H15NO3. The number of amides is 1. The molecule has 20 heavy (non-hydrogen) atoms. The molecule has 2 aromatic carbocycles. The molecule has 0 radical (unpaired) electrons. The zero-order valence-corrected chi connectivity index (χ0v) is 10.9. The molecule has 1 aliphatic heterocycles. The van der Waals surface area contributed by atoms with Gasteiger partial charge in [-0.15, -0.1) is 0 Å². The lowest BCUT2D eigenvalue weighted by Gasteiger charge is -2.26. The van der Waals surface area contributed by atoms with Crippen LogP contribution >= 0.6 is 0 Å². The fourth-order valence-corrected chi connectivity index (χ4v) is 2.01. The fourth-order valence-electron chi connectivity index (χ4n) is 2.01. The summed E-state index contributed by atoms with van der Waals surface area (Å²) >= 11 is 0. The Labute approximate surface area is 117 Å². The predicted molar refractivity (Wildman–Crippen MR) is 76.1 cm³/mol. The normalized spacial score (nSPS) is 14.4. The van der Waals surface area contributed by atoms with Crippen molar-refractivity contribution in [2.24, 2.45) is 0 Å². The highest BCUT2D eigenvalue weighted by atomic mass is 16.6. The molecule has 0 bridgehead atoms. The van der Waals surface area contributed by atoms with Crippen molar-refractivity contribution in [3.63, 3.8) is 0 Å². The first kappa shape index (κ1) is 12.7. The molecule has 4 heteroatoms. The van der Waals surface area contributed by atoms with Crippen LogP contribution in [0.5, 0.6) is 5.75 Å². The van der Waals surface area contributed by atoms with Crippen LogP contribution in [0.4, 0.5) is 10.5 Å². The molecular weight excluding hydrogens is 254 g/mol. The summed E-state index contributed by atoms with van der Waals surface area (Å²) < 4.78 is 10.3. The van der Waals surface area contributed by atoms with E-state index in [1.807, 2.05) is 42.5 Å². The van der Waals surface area contributed by atoms with Gasteiger partial charge in [0.1, 0.15) is 5.75 Å². The SMILES string of the molecule is O=C(Nc1ccc(C2COC2)cc1)Oc1ccccc1. The van der Waals surface area contributed by atoms with E-state index in [9.17, 15) is 4.79 Å². The molecule has 2 aromatic rings. The number of para-hydroxylation sites is 1. The Hall–Kier alpha value is -2.33. The Morgan fingerprint density at radius 1 is 1.05 bits per heavy atom. The van der Waals surface area contributed by atoms with E-state index in [0.29, 0.717) is 11.7 Å². The quantitative estimate of drug-likeness (QED) is 0.928. The summed E-state index contributed by atoms with van der Waals surface area (Å²) in [5.41, 5.74) is 1.95. The van der Waals surface area contributed by atoms with Crippen molar-refractivity contribution in [2.75, 3.05) is 18.5 Å². The van der Waals surface area contributed by atoms with Crippen molar-refractivity contribution in [3.05, 3.63) is 60.2 Å². The third-order valence-corrected chi connectivity index (χ3v) is 3.22. The fraction of sp³-hybridized carbons (Fsp3) is 0.188. The molecule has 102 valence electrons. The maximum Gasteiger partial charge on any atom is 0.417 e. The van der Waals surface area contributed by atoms with Gasteiger partial charge in [0.15, 0.2) is 0 Å². The Morgan fingerprint density at radius 3 is 2.35 bits per heavy atom. The topological polar surface area (TPSA) is 47.6 Å². The van der Waals surface area contributed by atoms with E-state index in [2.05, 4.69) is 5.32 Å². The number of ether oxygens (including phenoxy) is 2. The highest BCUT2D eigenvalue weighted by Gasteiger charge is 2.20. The summed E-state index contributed by atoms with van der Waals surface area (Å²) in [7, 11) is 0. The molecule has 0 unspecified atom stereocenters. The number of hydrogen-bond acceptors (Lipinski definition) is 3. The van der Waals surface area contributed by atoms with Gasteiger partial charge in [-0.25, -0.2) is 4.79 Å². The summed E-state index contributed by atoms with van der Waals surface area (Å²) in [6.45, 7) is 1.56. The molecule has 3 rings (SSSR count). The second-order valence-electron chi connectivity index (χ2n) is 4.68. The van der Waals surface area contributed by atoms with Crippen molar-refractivity contribution >= 4 is 11.8 Å². The van der Waals surface area contributed by atoms with Gasteiger partial charge in [0.25, 0.3) is 0 Å². The van der Waals surface area contributed by atoms with Gasteiger partial charge < -0.3 is 9.47 Å². The second kappa shape index (κ2) is 5.75. The first-order chi connectivity index (χ1) is 9.81. The smallest absolute Gasteiger partial charge is 0.410 e. The molecule has 0 aromatic heterocycles. The lowest BCUT2D eigenvalue weighted by Crippen LogP contribution is -2.25. The number of nitrogens with one attached hydrogen (secondary N) is 1. The first-order valence-electron chi connectivity index (χ1n) is 6.53. The predicted octanol–water partition coefficient (Wildman–Crippen LogP) is 3.41. The Balaban J connectivity index is 1.58. The average Bonchev–Trinajstić information content (AvgIpc) is 2.40. The van der Waals surface area contributed by atoms with Crippen LogP contribution in [-0.4, -0.2) is 19.3 Å².